The zero-order valence-electron chi connectivity index (χ0n) is 26.3. The van der Waals surface area contributed by atoms with Crippen LogP contribution in [0.25, 0.3) is 11.2 Å². The SMILES string of the molecule is Nn1nnc2cc(C(c3ccccc3)(c3ccccc3)c3ccccc3)c(C(c3ccccc3)(c3ccccc3)c3ccccc3)nc21. The van der Waals surface area contributed by atoms with Crippen LogP contribution in [0.2, 0.25) is 0 Å². The van der Waals surface area contributed by atoms with Gasteiger partial charge in [-0.05, 0) is 50.2 Å². The molecular weight excluding hydrogens is 587 g/mol. The highest BCUT2D eigenvalue weighted by molar-refractivity contribution is 5.77. The lowest BCUT2D eigenvalue weighted by Gasteiger charge is -2.43. The van der Waals surface area contributed by atoms with E-state index in [0.29, 0.717) is 11.2 Å². The van der Waals surface area contributed by atoms with Crippen LogP contribution >= 0.6 is 0 Å². The summed E-state index contributed by atoms with van der Waals surface area (Å²) in [5.74, 6) is 6.48. The van der Waals surface area contributed by atoms with Crippen molar-refractivity contribution in [1.29, 1.82) is 0 Å². The van der Waals surface area contributed by atoms with Crippen LogP contribution < -0.4 is 5.84 Å². The molecule has 0 saturated heterocycles. The zero-order valence-corrected chi connectivity index (χ0v) is 26.3. The van der Waals surface area contributed by atoms with Gasteiger partial charge in [-0.2, -0.15) is 0 Å². The van der Waals surface area contributed by atoms with Crippen LogP contribution in [0.15, 0.2) is 188 Å². The highest BCUT2D eigenvalue weighted by Gasteiger charge is 2.48. The molecule has 8 aromatic rings. The van der Waals surface area contributed by atoms with Gasteiger partial charge in [0.15, 0.2) is 0 Å². The van der Waals surface area contributed by atoms with E-state index in [2.05, 4.69) is 198 Å². The number of rotatable bonds is 8. The quantitative estimate of drug-likeness (QED) is 0.137. The van der Waals surface area contributed by atoms with Crippen molar-refractivity contribution in [3.8, 4) is 0 Å². The topological polar surface area (TPSA) is 69.6 Å². The monoisotopic (exact) mass is 619 g/mol. The van der Waals surface area contributed by atoms with Crippen molar-refractivity contribution in [2.24, 2.45) is 0 Å². The van der Waals surface area contributed by atoms with Gasteiger partial charge >= 0.3 is 0 Å². The summed E-state index contributed by atoms with van der Waals surface area (Å²) < 4.78 is 0. The maximum Gasteiger partial charge on any atom is 0.201 e. The third-order valence-corrected chi connectivity index (χ3v) is 9.45. The van der Waals surface area contributed by atoms with Crippen LogP contribution in [-0.2, 0) is 10.8 Å². The Morgan fingerprint density at radius 2 is 0.729 bits per heavy atom. The molecule has 0 saturated carbocycles. The number of hydrogen-bond donors (Lipinski definition) is 1. The minimum Gasteiger partial charge on any atom is -0.320 e. The molecule has 0 atom stereocenters. The van der Waals surface area contributed by atoms with Crippen LogP contribution in [-0.4, -0.2) is 20.1 Å². The molecule has 0 aliphatic rings. The number of nitrogens with zero attached hydrogens (tertiary/aromatic N) is 4. The first kappa shape index (κ1) is 29.1. The van der Waals surface area contributed by atoms with Gasteiger partial charge in [-0.3, -0.25) is 0 Å². The molecule has 5 heteroatoms. The summed E-state index contributed by atoms with van der Waals surface area (Å²) in [5.41, 5.74) is 7.80. The maximum atomic E-state index is 6.48. The standard InChI is InChI=1S/C43H33N5/c44-48-41-39(46-47-48)31-38(42(32-19-7-1-8-20-32,33-21-9-2-10-22-33)34-23-11-3-12-24-34)40(45-41)43(35-25-13-4-14-26-35,36-27-15-5-16-28-36)37-29-17-6-18-30-37/h1-31H,44H2. The second-order valence-electron chi connectivity index (χ2n) is 12.0. The summed E-state index contributed by atoms with van der Waals surface area (Å²) in [6.07, 6.45) is 0. The number of pyridine rings is 1. The zero-order chi connectivity index (χ0) is 32.4. The van der Waals surface area contributed by atoms with E-state index in [9.17, 15) is 0 Å². The summed E-state index contributed by atoms with van der Waals surface area (Å²) in [6.45, 7) is 0. The van der Waals surface area contributed by atoms with Crippen LogP contribution in [0.5, 0.6) is 0 Å². The molecule has 0 spiro atoms. The number of nitrogens with two attached hydrogens (primary N) is 1. The second-order valence-corrected chi connectivity index (χ2v) is 12.0. The molecule has 0 unspecified atom stereocenters. The van der Waals surface area contributed by atoms with E-state index >= 15 is 0 Å². The molecule has 0 radical (unpaired) electrons. The Morgan fingerprint density at radius 1 is 0.417 bits per heavy atom. The molecule has 0 bridgehead atoms. The van der Waals surface area contributed by atoms with E-state index < -0.39 is 10.8 Å². The predicted octanol–water partition coefficient (Wildman–Crippen LogP) is 8.31. The molecule has 48 heavy (non-hydrogen) atoms. The van der Waals surface area contributed by atoms with Gasteiger partial charge in [-0.15, -0.1) is 9.89 Å². The van der Waals surface area contributed by atoms with Crippen molar-refractivity contribution in [2.75, 3.05) is 5.84 Å². The average molecular weight is 620 g/mol. The molecule has 6 aromatic carbocycles. The van der Waals surface area contributed by atoms with Crippen molar-refractivity contribution in [2.45, 2.75) is 10.8 Å². The van der Waals surface area contributed by atoms with Gasteiger partial charge in [-0.25, -0.2) is 4.98 Å². The fraction of sp³-hybridized carbons (Fsp3) is 0.0465. The maximum absolute atomic E-state index is 6.48. The number of benzene rings is 6. The third kappa shape index (κ3) is 4.51. The van der Waals surface area contributed by atoms with Gasteiger partial charge in [0.05, 0.1) is 16.5 Å². The second kappa shape index (κ2) is 12.1. The highest BCUT2D eigenvalue weighted by Crippen LogP contribution is 2.53. The Bertz CT molecular complexity index is 2080. The highest BCUT2D eigenvalue weighted by atomic mass is 15.6. The number of hydrogen-bond acceptors (Lipinski definition) is 4. The first-order valence-corrected chi connectivity index (χ1v) is 16.1. The molecular formula is C43H33N5. The molecule has 2 heterocycles. The summed E-state index contributed by atoms with van der Waals surface area (Å²) in [5, 5.41) is 8.80. The molecule has 0 aliphatic heterocycles. The normalized spacial score (nSPS) is 11.8. The lowest BCUT2D eigenvalue weighted by atomic mass is 9.59. The molecule has 2 N–H and O–H groups in total. The van der Waals surface area contributed by atoms with Crippen molar-refractivity contribution >= 4 is 11.2 Å². The van der Waals surface area contributed by atoms with E-state index in [-0.39, 0.29) is 0 Å². The lowest BCUT2D eigenvalue weighted by molar-refractivity contribution is 0.655. The van der Waals surface area contributed by atoms with E-state index in [1.165, 1.54) is 4.79 Å². The minimum atomic E-state index is -0.874. The Hall–Kier alpha value is -6.33. The first-order chi connectivity index (χ1) is 23.7. The van der Waals surface area contributed by atoms with Crippen molar-refractivity contribution in [3.05, 3.63) is 233 Å². The summed E-state index contributed by atoms with van der Waals surface area (Å²) in [6, 6.07) is 66.2. The van der Waals surface area contributed by atoms with Gasteiger partial charge in [0, 0.05) is 0 Å². The summed E-state index contributed by atoms with van der Waals surface area (Å²) >= 11 is 0. The van der Waals surface area contributed by atoms with E-state index in [1.54, 1.807) is 0 Å². The summed E-state index contributed by atoms with van der Waals surface area (Å²) in [7, 11) is 0. The molecule has 5 nitrogen and oxygen atoms in total. The molecule has 0 aliphatic carbocycles. The van der Waals surface area contributed by atoms with Gasteiger partial charge in [0.2, 0.25) is 5.65 Å². The molecule has 0 fully saturated rings. The largest absolute Gasteiger partial charge is 0.320 e. The Labute approximate surface area is 280 Å². The van der Waals surface area contributed by atoms with Gasteiger partial charge in [0.1, 0.15) is 5.52 Å². The number of nitrogen functional groups attached to an aromatic ring is 1. The number of fused-ring (bicyclic) bond motifs is 1. The van der Waals surface area contributed by atoms with Crippen molar-refractivity contribution < 1.29 is 0 Å². The van der Waals surface area contributed by atoms with Crippen LogP contribution in [0, 0.1) is 0 Å². The Morgan fingerprint density at radius 3 is 1.06 bits per heavy atom. The fourth-order valence-corrected chi connectivity index (χ4v) is 7.45. The van der Waals surface area contributed by atoms with E-state index in [0.717, 1.165) is 44.6 Å². The van der Waals surface area contributed by atoms with Gasteiger partial charge in [0.25, 0.3) is 0 Å². The smallest absolute Gasteiger partial charge is 0.201 e. The molecule has 2 aromatic heterocycles. The van der Waals surface area contributed by atoms with Crippen molar-refractivity contribution in [3.63, 3.8) is 0 Å². The average Bonchev–Trinajstić information content (AvgIpc) is 3.54. The third-order valence-electron chi connectivity index (χ3n) is 9.45. The Kier molecular flexibility index (Phi) is 7.35. The first-order valence-electron chi connectivity index (χ1n) is 16.1. The molecule has 230 valence electrons. The van der Waals surface area contributed by atoms with Gasteiger partial charge in [-0.1, -0.05) is 182 Å². The molecule has 8 rings (SSSR count). The molecule has 0 amide bonds. The minimum absolute atomic E-state index is 0.504. The lowest BCUT2D eigenvalue weighted by Crippen LogP contribution is -2.39. The van der Waals surface area contributed by atoms with E-state index in [1.807, 2.05) is 0 Å². The van der Waals surface area contributed by atoms with Crippen LogP contribution in [0.3, 0.4) is 0 Å². The van der Waals surface area contributed by atoms with Crippen LogP contribution in [0.4, 0.5) is 0 Å². The Balaban J connectivity index is 1.66. The number of aromatic nitrogens is 4. The summed E-state index contributed by atoms with van der Waals surface area (Å²) in [4.78, 5) is 6.87. The predicted molar refractivity (Wildman–Crippen MR) is 192 cm³/mol. The van der Waals surface area contributed by atoms with Crippen molar-refractivity contribution in [1.82, 2.24) is 20.1 Å². The van der Waals surface area contributed by atoms with Crippen LogP contribution in [0.1, 0.15) is 44.6 Å². The van der Waals surface area contributed by atoms with Gasteiger partial charge < -0.3 is 5.84 Å². The fourth-order valence-electron chi connectivity index (χ4n) is 7.45. The van der Waals surface area contributed by atoms with E-state index in [4.69, 9.17) is 10.8 Å².